The molecule has 0 fully saturated rings. The van der Waals surface area contributed by atoms with Crippen LogP contribution < -0.4 is 5.73 Å². The summed E-state index contributed by atoms with van der Waals surface area (Å²) in [5.74, 6) is -0.0851. The largest absolute Gasteiger partial charge is 0.508 e. The summed E-state index contributed by atoms with van der Waals surface area (Å²) in [5.41, 5.74) is 4.85. The maximum absolute atomic E-state index is 12.0. The monoisotopic (exact) mass is 227 g/mol. The van der Waals surface area contributed by atoms with Gasteiger partial charge in [0.05, 0.1) is 0 Å². The number of aromatic hydroxyl groups is 1. The Hall–Kier alpha value is -0.940. The summed E-state index contributed by atoms with van der Waals surface area (Å²) in [7, 11) is 0. The smallest absolute Gasteiger partial charge is 0.407 e. The Kier molecular flexibility index (Phi) is 4.22. The highest BCUT2D eigenvalue weighted by Gasteiger charge is 2.37. The summed E-state index contributed by atoms with van der Waals surface area (Å²) in [4.78, 5) is 0. The van der Waals surface area contributed by atoms with Gasteiger partial charge in [-0.1, -0.05) is 12.1 Å². The molecule has 0 aromatic heterocycles. The minimum Gasteiger partial charge on any atom is -0.508 e. The molecule has 6 heteroatoms. The van der Waals surface area contributed by atoms with E-state index in [1.54, 1.807) is 0 Å². The summed E-state index contributed by atoms with van der Waals surface area (Å²) in [6.45, 7) is 0. The van der Waals surface area contributed by atoms with E-state index in [1.165, 1.54) is 12.1 Å². The van der Waals surface area contributed by atoms with Crippen LogP contribution in [-0.2, 0) is 0 Å². The van der Waals surface area contributed by atoms with Gasteiger partial charge in [0, 0.05) is 0 Å². The highest BCUT2D eigenvalue weighted by molar-refractivity contribution is 5.85. The average Bonchev–Trinajstić information content (AvgIpc) is 2.03. The van der Waals surface area contributed by atoms with Crippen LogP contribution in [0.1, 0.15) is 11.6 Å². The predicted molar refractivity (Wildman–Crippen MR) is 48.3 cm³/mol. The van der Waals surface area contributed by atoms with Gasteiger partial charge in [-0.25, -0.2) is 0 Å². The zero-order valence-electron chi connectivity index (χ0n) is 6.95. The molecule has 0 unspecified atom stereocenters. The fraction of sp³-hybridized carbons (Fsp3) is 0.250. The van der Waals surface area contributed by atoms with E-state index < -0.39 is 12.2 Å². The Morgan fingerprint density at radius 2 is 1.57 bits per heavy atom. The van der Waals surface area contributed by atoms with Gasteiger partial charge in [0.25, 0.3) is 0 Å². The number of halogens is 4. The lowest BCUT2D eigenvalue weighted by atomic mass is 10.1. The van der Waals surface area contributed by atoms with Crippen molar-refractivity contribution in [1.82, 2.24) is 0 Å². The third-order valence-corrected chi connectivity index (χ3v) is 1.60. The molecule has 1 atom stereocenters. The molecular formula is C8H9ClF3NO. The van der Waals surface area contributed by atoms with E-state index >= 15 is 0 Å². The molecule has 0 aliphatic rings. The molecule has 1 rings (SSSR count). The van der Waals surface area contributed by atoms with E-state index in [9.17, 15) is 13.2 Å². The second-order valence-corrected chi connectivity index (χ2v) is 2.61. The van der Waals surface area contributed by atoms with Crippen molar-refractivity contribution in [2.45, 2.75) is 12.2 Å². The molecule has 0 aliphatic carbocycles. The second-order valence-electron chi connectivity index (χ2n) is 2.61. The fourth-order valence-corrected chi connectivity index (χ4v) is 0.871. The van der Waals surface area contributed by atoms with Gasteiger partial charge in [-0.2, -0.15) is 13.2 Å². The Bertz CT molecular complexity index is 286. The summed E-state index contributed by atoms with van der Waals surface area (Å²) < 4.78 is 36.1. The molecule has 1 aromatic carbocycles. The maximum atomic E-state index is 12.0. The van der Waals surface area contributed by atoms with Crippen LogP contribution in [0.25, 0.3) is 0 Å². The van der Waals surface area contributed by atoms with Crippen LogP contribution in [0.3, 0.4) is 0 Å². The second kappa shape index (κ2) is 4.52. The van der Waals surface area contributed by atoms with Gasteiger partial charge in [-0.05, 0) is 17.7 Å². The standard InChI is InChI=1S/C8H8F3NO.ClH/c9-8(10,11)7(12)5-1-3-6(13)4-2-5;/h1-4,7,13H,12H2;1H/t7-;/m0./s1. The normalized spacial score (nSPS) is 13.1. The van der Waals surface area contributed by atoms with Gasteiger partial charge in [0.15, 0.2) is 0 Å². The van der Waals surface area contributed by atoms with Crippen LogP contribution in [0.2, 0.25) is 0 Å². The number of hydrogen-bond donors (Lipinski definition) is 2. The SMILES string of the molecule is Cl.N[C@@H](c1ccc(O)cc1)C(F)(F)F. The van der Waals surface area contributed by atoms with Crippen molar-refractivity contribution >= 4 is 12.4 Å². The number of phenols is 1. The molecule has 2 nitrogen and oxygen atoms in total. The number of rotatable bonds is 1. The van der Waals surface area contributed by atoms with Crippen LogP contribution in [-0.4, -0.2) is 11.3 Å². The zero-order valence-corrected chi connectivity index (χ0v) is 7.77. The van der Waals surface area contributed by atoms with Crippen LogP contribution >= 0.6 is 12.4 Å². The quantitative estimate of drug-likeness (QED) is 0.774. The lowest BCUT2D eigenvalue weighted by molar-refractivity contribution is -0.149. The third kappa shape index (κ3) is 3.08. The maximum Gasteiger partial charge on any atom is 0.407 e. The molecule has 0 aliphatic heterocycles. The van der Waals surface area contributed by atoms with E-state index in [0.717, 1.165) is 12.1 Å². The summed E-state index contributed by atoms with van der Waals surface area (Å²) >= 11 is 0. The van der Waals surface area contributed by atoms with Crippen molar-refractivity contribution in [3.05, 3.63) is 29.8 Å². The first-order chi connectivity index (χ1) is 5.91. The number of benzene rings is 1. The first-order valence-electron chi connectivity index (χ1n) is 3.52. The number of alkyl halides is 3. The molecule has 0 saturated carbocycles. The molecule has 0 amide bonds. The van der Waals surface area contributed by atoms with Crippen LogP contribution in [0.4, 0.5) is 13.2 Å². The van der Waals surface area contributed by atoms with Crippen molar-refractivity contribution in [2.24, 2.45) is 5.73 Å². The molecule has 3 N–H and O–H groups in total. The van der Waals surface area contributed by atoms with Crippen molar-refractivity contribution in [3.8, 4) is 5.75 Å². The van der Waals surface area contributed by atoms with E-state index in [2.05, 4.69) is 0 Å². The van der Waals surface area contributed by atoms with Crippen molar-refractivity contribution in [3.63, 3.8) is 0 Å². The van der Waals surface area contributed by atoms with Gasteiger partial charge < -0.3 is 10.8 Å². The van der Waals surface area contributed by atoms with Crippen LogP contribution in [0.15, 0.2) is 24.3 Å². The van der Waals surface area contributed by atoms with Crippen molar-refractivity contribution < 1.29 is 18.3 Å². The molecule has 0 heterocycles. The molecule has 0 radical (unpaired) electrons. The molecule has 1 aromatic rings. The Labute approximate surface area is 84.9 Å². The van der Waals surface area contributed by atoms with Gasteiger partial charge >= 0.3 is 6.18 Å². The highest BCUT2D eigenvalue weighted by Crippen LogP contribution is 2.30. The summed E-state index contributed by atoms with van der Waals surface area (Å²) in [5, 5.41) is 8.82. The topological polar surface area (TPSA) is 46.2 Å². The lowest BCUT2D eigenvalue weighted by Gasteiger charge is -2.15. The van der Waals surface area contributed by atoms with E-state index in [-0.39, 0.29) is 23.7 Å². The molecule has 0 bridgehead atoms. The minimum absolute atomic E-state index is 0. The number of phenolic OH excluding ortho intramolecular Hbond substituents is 1. The van der Waals surface area contributed by atoms with Crippen molar-refractivity contribution in [2.75, 3.05) is 0 Å². The van der Waals surface area contributed by atoms with Crippen LogP contribution in [0, 0.1) is 0 Å². The summed E-state index contributed by atoms with van der Waals surface area (Å²) in [6, 6.07) is 2.64. The fourth-order valence-electron chi connectivity index (χ4n) is 0.871. The average molecular weight is 228 g/mol. The Balaban J connectivity index is 0.00000169. The van der Waals surface area contributed by atoms with Crippen molar-refractivity contribution in [1.29, 1.82) is 0 Å². The molecule has 0 spiro atoms. The first kappa shape index (κ1) is 13.1. The molecular weight excluding hydrogens is 219 g/mol. The lowest BCUT2D eigenvalue weighted by Crippen LogP contribution is -2.28. The number of hydrogen-bond acceptors (Lipinski definition) is 2. The molecule has 80 valence electrons. The number of nitrogens with two attached hydrogens (primary N) is 1. The Morgan fingerprint density at radius 3 is 1.93 bits per heavy atom. The van der Waals surface area contributed by atoms with Crippen LogP contribution in [0.5, 0.6) is 5.75 Å². The minimum atomic E-state index is -4.45. The van der Waals surface area contributed by atoms with Gasteiger partial charge in [-0.15, -0.1) is 12.4 Å². The van der Waals surface area contributed by atoms with Gasteiger partial charge in [-0.3, -0.25) is 0 Å². The van der Waals surface area contributed by atoms with E-state index in [0.29, 0.717) is 0 Å². The van der Waals surface area contributed by atoms with E-state index in [1.807, 2.05) is 0 Å². The first-order valence-corrected chi connectivity index (χ1v) is 3.52. The predicted octanol–water partition coefficient (Wildman–Crippen LogP) is 2.38. The molecule has 14 heavy (non-hydrogen) atoms. The van der Waals surface area contributed by atoms with E-state index in [4.69, 9.17) is 10.8 Å². The third-order valence-electron chi connectivity index (χ3n) is 1.60. The molecule has 0 saturated heterocycles. The highest BCUT2D eigenvalue weighted by atomic mass is 35.5. The Morgan fingerprint density at radius 1 is 1.14 bits per heavy atom. The van der Waals surface area contributed by atoms with Gasteiger partial charge in [0.2, 0.25) is 0 Å². The zero-order chi connectivity index (χ0) is 10.1. The summed E-state index contributed by atoms with van der Waals surface area (Å²) in [6.07, 6.45) is -4.45. The van der Waals surface area contributed by atoms with Gasteiger partial charge in [0.1, 0.15) is 11.8 Å².